The van der Waals surface area contributed by atoms with Gasteiger partial charge in [-0.05, 0) is 32.4 Å². The molecule has 0 spiro atoms. The highest BCUT2D eigenvalue weighted by Gasteiger charge is 2.15. The molecule has 0 aliphatic heterocycles. The first kappa shape index (κ1) is 15.4. The summed E-state index contributed by atoms with van der Waals surface area (Å²) in [5.41, 5.74) is 4.98. The van der Waals surface area contributed by atoms with Crippen LogP contribution < -0.4 is 10.9 Å². The van der Waals surface area contributed by atoms with Crippen LogP contribution in [-0.4, -0.2) is 11.7 Å². The first-order chi connectivity index (χ1) is 8.78. The van der Waals surface area contributed by atoms with Gasteiger partial charge in [0.15, 0.2) is 0 Å². The van der Waals surface area contributed by atoms with Crippen molar-refractivity contribution in [2.45, 2.75) is 39.3 Å². The van der Waals surface area contributed by atoms with Crippen molar-refractivity contribution in [3.8, 4) is 0 Å². The third kappa shape index (κ3) is 6.15. The Morgan fingerprint density at radius 3 is 2.63 bits per heavy atom. The highest BCUT2D eigenvalue weighted by Crippen LogP contribution is 2.19. The highest BCUT2D eigenvalue weighted by atomic mass is 19.3. The number of hydrogen-bond donors (Lipinski definition) is 2. The monoisotopic (exact) mass is 272 g/mol. The molecule has 0 aliphatic rings. The molecule has 0 saturated carbocycles. The van der Waals surface area contributed by atoms with Crippen LogP contribution >= 0.6 is 0 Å². The summed E-state index contributed by atoms with van der Waals surface area (Å²) in [6.07, 6.45) is -3.11. The average molecular weight is 272 g/mol. The van der Waals surface area contributed by atoms with Crippen molar-refractivity contribution in [3.05, 3.63) is 35.4 Å². The Labute approximate surface area is 111 Å². The first-order valence-corrected chi connectivity index (χ1v) is 5.87. The summed E-state index contributed by atoms with van der Waals surface area (Å²) in [6.45, 7) is 5.48. The zero-order valence-electron chi connectivity index (χ0n) is 11.2. The lowest BCUT2D eigenvalue weighted by Crippen LogP contribution is -2.40. The minimum atomic E-state index is -2.50. The molecule has 0 radical (unpaired) electrons. The van der Waals surface area contributed by atoms with E-state index < -0.39 is 18.1 Å². The van der Waals surface area contributed by atoms with Crippen molar-refractivity contribution < 1.29 is 18.3 Å². The Hall–Kier alpha value is -1.69. The van der Waals surface area contributed by atoms with E-state index in [2.05, 4.69) is 10.9 Å². The van der Waals surface area contributed by atoms with E-state index >= 15 is 0 Å². The Balaban J connectivity index is 2.41. The van der Waals surface area contributed by atoms with Gasteiger partial charge in [-0.25, -0.2) is 19.0 Å². The first-order valence-electron chi connectivity index (χ1n) is 5.87. The van der Waals surface area contributed by atoms with Crippen molar-refractivity contribution in [1.82, 2.24) is 10.9 Å². The van der Waals surface area contributed by atoms with Gasteiger partial charge in [-0.3, -0.25) is 5.43 Å². The van der Waals surface area contributed by atoms with Crippen LogP contribution in [0, 0.1) is 0 Å². The van der Waals surface area contributed by atoms with E-state index in [0.717, 1.165) is 0 Å². The summed E-state index contributed by atoms with van der Waals surface area (Å²) in [5, 5.41) is 0. The second-order valence-electron chi connectivity index (χ2n) is 5.03. The fourth-order valence-electron chi connectivity index (χ4n) is 1.36. The van der Waals surface area contributed by atoms with Crippen molar-refractivity contribution >= 4 is 6.09 Å². The number of benzene rings is 1. The van der Waals surface area contributed by atoms with Crippen molar-refractivity contribution in [2.75, 3.05) is 0 Å². The van der Waals surface area contributed by atoms with Gasteiger partial charge < -0.3 is 4.74 Å². The van der Waals surface area contributed by atoms with Crippen molar-refractivity contribution in [3.63, 3.8) is 0 Å². The Kier molecular flexibility index (Phi) is 5.23. The molecule has 0 unspecified atom stereocenters. The Morgan fingerprint density at radius 1 is 1.37 bits per heavy atom. The molecule has 1 amide bonds. The van der Waals surface area contributed by atoms with Crippen LogP contribution in [0.3, 0.4) is 0 Å². The normalized spacial score (nSPS) is 11.5. The lowest BCUT2D eigenvalue weighted by atomic mass is 10.1. The van der Waals surface area contributed by atoms with Gasteiger partial charge >= 0.3 is 6.09 Å². The predicted molar refractivity (Wildman–Crippen MR) is 67.6 cm³/mol. The number of nitrogens with one attached hydrogen (secondary N) is 2. The fraction of sp³-hybridized carbons (Fsp3) is 0.462. The molecule has 0 fully saturated rings. The van der Waals surface area contributed by atoms with Gasteiger partial charge in [0.2, 0.25) is 0 Å². The number of alkyl halides is 2. The van der Waals surface area contributed by atoms with Gasteiger partial charge in [-0.1, -0.05) is 18.2 Å². The van der Waals surface area contributed by atoms with Crippen LogP contribution in [0.1, 0.15) is 38.3 Å². The van der Waals surface area contributed by atoms with Crippen LogP contribution in [0.4, 0.5) is 13.6 Å². The lowest BCUT2D eigenvalue weighted by Gasteiger charge is -2.19. The smallest absolute Gasteiger partial charge is 0.422 e. The average Bonchev–Trinajstić information content (AvgIpc) is 2.27. The molecule has 0 aliphatic carbocycles. The number of carbonyl (C=O) groups is 1. The SMILES string of the molecule is CC(C)(C)OC(=O)NNCc1cccc(C(F)F)c1. The third-order valence-corrected chi connectivity index (χ3v) is 2.08. The number of amides is 1. The van der Waals surface area contributed by atoms with Crippen molar-refractivity contribution in [2.24, 2.45) is 0 Å². The zero-order valence-corrected chi connectivity index (χ0v) is 11.2. The van der Waals surface area contributed by atoms with E-state index in [1.807, 2.05) is 0 Å². The quantitative estimate of drug-likeness (QED) is 0.828. The molecule has 0 saturated heterocycles. The molecule has 0 heterocycles. The summed E-state index contributed by atoms with van der Waals surface area (Å²) in [5.74, 6) is 0. The second-order valence-corrected chi connectivity index (χ2v) is 5.03. The zero-order chi connectivity index (χ0) is 14.5. The lowest BCUT2D eigenvalue weighted by molar-refractivity contribution is 0.0497. The fourth-order valence-corrected chi connectivity index (χ4v) is 1.36. The molecule has 19 heavy (non-hydrogen) atoms. The second kappa shape index (κ2) is 6.47. The summed E-state index contributed by atoms with van der Waals surface area (Å²) >= 11 is 0. The highest BCUT2D eigenvalue weighted by molar-refractivity contribution is 5.66. The number of hydrazine groups is 1. The number of rotatable bonds is 4. The largest absolute Gasteiger partial charge is 0.443 e. The van der Waals surface area contributed by atoms with E-state index in [-0.39, 0.29) is 12.1 Å². The van der Waals surface area contributed by atoms with Crippen LogP contribution in [0.2, 0.25) is 0 Å². The molecule has 4 nitrogen and oxygen atoms in total. The molecule has 6 heteroatoms. The molecule has 1 rings (SSSR count). The van der Waals surface area contributed by atoms with E-state index in [0.29, 0.717) is 5.56 Å². The van der Waals surface area contributed by atoms with Crippen LogP contribution in [0.15, 0.2) is 24.3 Å². The summed E-state index contributed by atoms with van der Waals surface area (Å²) in [4.78, 5) is 11.3. The van der Waals surface area contributed by atoms with Gasteiger partial charge in [0.25, 0.3) is 6.43 Å². The van der Waals surface area contributed by atoms with Gasteiger partial charge in [-0.2, -0.15) is 0 Å². The molecule has 1 aromatic carbocycles. The molecule has 0 aromatic heterocycles. The number of ether oxygens (including phenoxy) is 1. The van der Waals surface area contributed by atoms with Crippen LogP contribution in [-0.2, 0) is 11.3 Å². The molecular weight excluding hydrogens is 254 g/mol. The third-order valence-electron chi connectivity index (χ3n) is 2.08. The molecule has 106 valence electrons. The number of halogens is 2. The maximum Gasteiger partial charge on any atom is 0.422 e. The Bertz CT molecular complexity index is 431. The molecule has 2 N–H and O–H groups in total. The topological polar surface area (TPSA) is 50.4 Å². The van der Waals surface area contributed by atoms with Gasteiger partial charge in [0, 0.05) is 12.1 Å². The van der Waals surface area contributed by atoms with E-state index in [1.165, 1.54) is 12.1 Å². The predicted octanol–water partition coefficient (Wildman–Crippen LogP) is 3.15. The van der Waals surface area contributed by atoms with E-state index in [1.54, 1.807) is 32.9 Å². The molecular formula is C13H18F2N2O2. The standard InChI is InChI=1S/C13H18F2N2O2/c1-13(2,3)19-12(18)17-16-8-9-5-4-6-10(7-9)11(14)15/h4-7,11,16H,8H2,1-3H3,(H,17,18). The number of carbonyl (C=O) groups excluding carboxylic acids is 1. The van der Waals surface area contributed by atoms with Gasteiger partial charge in [0.05, 0.1) is 0 Å². The maximum atomic E-state index is 12.5. The van der Waals surface area contributed by atoms with E-state index in [9.17, 15) is 13.6 Å². The summed E-state index contributed by atoms with van der Waals surface area (Å²) in [7, 11) is 0. The van der Waals surface area contributed by atoms with E-state index in [4.69, 9.17) is 4.74 Å². The summed E-state index contributed by atoms with van der Waals surface area (Å²) < 4.78 is 30.0. The van der Waals surface area contributed by atoms with Crippen molar-refractivity contribution in [1.29, 1.82) is 0 Å². The molecule has 0 bridgehead atoms. The van der Waals surface area contributed by atoms with Gasteiger partial charge in [0.1, 0.15) is 5.60 Å². The minimum absolute atomic E-state index is 0.0448. The maximum absolute atomic E-state index is 12.5. The molecule has 1 aromatic rings. The summed E-state index contributed by atoms with van der Waals surface area (Å²) in [6, 6.07) is 5.98. The number of hydrogen-bond acceptors (Lipinski definition) is 3. The minimum Gasteiger partial charge on any atom is -0.443 e. The van der Waals surface area contributed by atoms with Gasteiger partial charge in [-0.15, -0.1) is 0 Å². The van der Waals surface area contributed by atoms with Crippen LogP contribution in [0.5, 0.6) is 0 Å². The van der Waals surface area contributed by atoms with Crippen LogP contribution in [0.25, 0.3) is 0 Å². The Morgan fingerprint density at radius 2 is 2.05 bits per heavy atom. The molecule has 0 atom stereocenters.